The Kier molecular flexibility index (Phi) is 5.75. The van der Waals surface area contributed by atoms with Gasteiger partial charge in [-0.3, -0.25) is 4.79 Å². The van der Waals surface area contributed by atoms with Crippen molar-refractivity contribution in [1.29, 1.82) is 0 Å². The lowest BCUT2D eigenvalue weighted by Crippen LogP contribution is -2.02. The molecule has 1 aromatic rings. The third-order valence-corrected chi connectivity index (χ3v) is 3.63. The zero-order valence-corrected chi connectivity index (χ0v) is 11.9. The number of rotatable bonds is 5. The summed E-state index contributed by atoms with van der Waals surface area (Å²) in [6, 6.07) is 3.55. The van der Waals surface area contributed by atoms with Crippen molar-refractivity contribution < 1.29 is 4.79 Å². The summed E-state index contributed by atoms with van der Waals surface area (Å²) < 4.78 is 0. The molecule has 1 nitrogen and oxygen atoms in total. The monoisotopic (exact) mass is 276 g/mol. The Morgan fingerprint density at radius 3 is 2.62 bits per heavy atom. The Balaban J connectivity index is 2.86. The summed E-state index contributed by atoms with van der Waals surface area (Å²) in [5, 5.41) is 0.940. The second-order valence-electron chi connectivity index (χ2n) is 3.72. The van der Waals surface area contributed by atoms with Gasteiger partial charge in [0.25, 0.3) is 0 Å². The van der Waals surface area contributed by atoms with Gasteiger partial charge in [-0.15, -0.1) is 9.24 Å². The van der Waals surface area contributed by atoms with Gasteiger partial charge in [0.1, 0.15) is 0 Å². The van der Waals surface area contributed by atoms with Gasteiger partial charge in [-0.1, -0.05) is 29.3 Å². The first kappa shape index (κ1) is 14.0. The maximum absolute atomic E-state index is 11.9. The number of hydrogen-bond donors (Lipinski definition) is 0. The normalized spacial score (nSPS) is 10.5. The van der Waals surface area contributed by atoms with Gasteiger partial charge < -0.3 is 0 Å². The first-order chi connectivity index (χ1) is 7.57. The van der Waals surface area contributed by atoms with Gasteiger partial charge in [-0.2, -0.15) is 0 Å². The third kappa shape index (κ3) is 3.45. The summed E-state index contributed by atoms with van der Waals surface area (Å²) in [6.07, 6.45) is 3.43. The second-order valence-corrected chi connectivity index (χ2v) is 5.08. The van der Waals surface area contributed by atoms with E-state index in [2.05, 4.69) is 9.24 Å². The smallest absolute Gasteiger partial charge is 0.165 e. The Bertz CT molecular complexity index is 391. The van der Waals surface area contributed by atoms with Gasteiger partial charge >= 0.3 is 0 Å². The summed E-state index contributed by atoms with van der Waals surface area (Å²) >= 11 is 12.1. The van der Waals surface area contributed by atoms with Gasteiger partial charge in [-0.25, -0.2) is 0 Å². The summed E-state index contributed by atoms with van der Waals surface area (Å²) in [7, 11) is 2.65. The molecule has 0 aromatic heterocycles. The van der Waals surface area contributed by atoms with Crippen LogP contribution in [0.3, 0.4) is 0 Å². The number of carbonyl (C=O) groups is 1. The predicted molar refractivity (Wildman–Crippen MR) is 74.0 cm³/mol. The van der Waals surface area contributed by atoms with Crippen molar-refractivity contribution in [2.24, 2.45) is 0 Å². The molecule has 4 heteroatoms. The van der Waals surface area contributed by atoms with Crippen LogP contribution < -0.4 is 0 Å². The highest BCUT2D eigenvalue weighted by molar-refractivity contribution is 7.16. The fourth-order valence-electron chi connectivity index (χ4n) is 1.47. The minimum Gasteiger partial charge on any atom is -0.294 e. The Labute approximate surface area is 109 Å². The average Bonchev–Trinajstić information content (AvgIpc) is 2.24. The van der Waals surface area contributed by atoms with E-state index in [1.54, 1.807) is 6.07 Å². The van der Waals surface area contributed by atoms with E-state index in [4.69, 9.17) is 23.2 Å². The minimum atomic E-state index is 0.0390. The summed E-state index contributed by atoms with van der Waals surface area (Å²) in [4.78, 5) is 11.9. The van der Waals surface area contributed by atoms with Gasteiger partial charge in [-0.05, 0) is 37.6 Å². The quantitative estimate of drug-likeness (QED) is 0.439. The van der Waals surface area contributed by atoms with Crippen LogP contribution in [0.15, 0.2) is 12.1 Å². The second kappa shape index (κ2) is 6.59. The Hall–Kier alpha value is -0.100. The lowest BCUT2D eigenvalue weighted by molar-refractivity contribution is 0.0980. The molecule has 1 unspecified atom stereocenters. The number of benzene rings is 1. The molecule has 0 spiro atoms. The molecular weight excluding hydrogens is 262 g/mol. The lowest BCUT2D eigenvalue weighted by Gasteiger charge is -2.08. The van der Waals surface area contributed by atoms with E-state index in [9.17, 15) is 4.79 Å². The molecule has 0 fully saturated rings. The van der Waals surface area contributed by atoms with Gasteiger partial charge in [0.15, 0.2) is 5.78 Å². The molecule has 16 heavy (non-hydrogen) atoms. The van der Waals surface area contributed by atoms with Crippen molar-refractivity contribution >= 4 is 38.2 Å². The SMILES string of the molecule is Cc1ccc(Cl)c(C(=O)CCCCP)c1Cl. The predicted octanol–water partition coefficient (Wildman–Crippen LogP) is 4.53. The summed E-state index contributed by atoms with van der Waals surface area (Å²) in [6.45, 7) is 1.87. The molecule has 0 bridgehead atoms. The number of aryl methyl sites for hydroxylation is 1. The topological polar surface area (TPSA) is 17.1 Å². The molecule has 0 N–H and O–H groups in total. The van der Waals surface area contributed by atoms with E-state index in [0.29, 0.717) is 22.0 Å². The van der Waals surface area contributed by atoms with Crippen LogP contribution >= 0.6 is 32.4 Å². The fraction of sp³-hybridized carbons (Fsp3) is 0.417. The van der Waals surface area contributed by atoms with Crippen LogP contribution in [0.5, 0.6) is 0 Å². The fourth-order valence-corrected chi connectivity index (χ4v) is 2.34. The van der Waals surface area contributed by atoms with Gasteiger partial charge in [0, 0.05) is 6.42 Å². The first-order valence-electron chi connectivity index (χ1n) is 5.25. The van der Waals surface area contributed by atoms with E-state index >= 15 is 0 Å². The highest BCUT2D eigenvalue weighted by Crippen LogP contribution is 2.29. The van der Waals surface area contributed by atoms with Crippen molar-refractivity contribution in [2.45, 2.75) is 26.2 Å². The number of Topliss-reactive ketones (excluding diaryl/α,β-unsaturated/α-hetero) is 1. The van der Waals surface area contributed by atoms with E-state index in [1.807, 2.05) is 13.0 Å². The van der Waals surface area contributed by atoms with Crippen LogP contribution in [0.4, 0.5) is 0 Å². The third-order valence-electron chi connectivity index (χ3n) is 2.42. The molecule has 1 atom stereocenters. The molecule has 0 radical (unpaired) electrons. The number of ketones is 1. The molecular formula is C12H15Cl2OP. The van der Waals surface area contributed by atoms with Crippen LogP contribution in [-0.2, 0) is 0 Å². The average molecular weight is 277 g/mol. The zero-order valence-electron chi connectivity index (χ0n) is 9.22. The van der Waals surface area contributed by atoms with Gasteiger partial charge in [0.05, 0.1) is 15.6 Å². The van der Waals surface area contributed by atoms with Crippen molar-refractivity contribution in [3.8, 4) is 0 Å². The molecule has 88 valence electrons. The van der Waals surface area contributed by atoms with Crippen LogP contribution in [0.1, 0.15) is 35.2 Å². The minimum absolute atomic E-state index is 0.0390. The highest BCUT2D eigenvalue weighted by Gasteiger charge is 2.15. The number of hydrogen-bond acceptors (Lipinski definition) is 1. The molecule has 1 rings (SSSR count). The van der Waals surface area contributed by atoms with E-state index in [1.165, 1.54) is 0 Å². The van der Waals surface area contributed by atoms with Crippen molar-refractivity contribution in [3.63, 3.8) is 0 Å². The van der Waals surface area contributed by atoms with Crippen molar-refractivity contribution in [2.75, 3.05) is 6.16 Å². The van der Waals surface area contributed by atoms with Crippen molar-refractivity contribution in [1.82, 2.24) is 0 Å². The molecule has 0 aliphatic rings. The maximum Gasteiger partial charge on any atom is 0.165 e. The van der Waals surface area contributed by atoms with Gasteiger partial charge in [0.2, 0.25) is 0 Å². The maximum atomic E-state index is 11.9. The molecule has 0 aliphatic heterocycles. The molecule has 0 amide bonds. The van der Waals surface area contributed by atoms with Crippen molar-refractivity contribution in [3.05, 3.63) is 33.3 Å². The Morgan fingerprint density at radius 2 is 2.00 bits per heavy atom. The lowest BCUT2D eigenvalue weighted by atomic mass is 10.0. The largest absolute Gasteiger partial charge is 0.294 e. The number of halogens is 2. The van der Waals surface area contributed by atoms with Crippen LogP contribution in [0.25, 0.3) is 0 Å². The highest BCUT2D eigenvalue weighted by atomic mass is 35.5. The van der Waals surface area contributed by atoms with Crippen LogP contribution in [-0.4, -0.2) is 11.9 Å². The van der Waals surface area contributed by atoms with Crippen LogP contribution in [0, 0.1) is 6.92 Å². The number of carbonyl (C=O) groups excluding carboxylic acids is 1. The Morgan fingerprint density at radius 1 is 1.31 bits per heavy atom. The summed E-state index contributed by atoms with van der Waals surface area (Å²) in [5.41, 5.74) is 1.37. The van der Waals surface area contributed by atoms with E-state index in [0.717, 1.165) is 24.6 Å². The zero-order chi connectivity index (χ0) is 12.1. The molecule has 0 aliphatic carbocycles. The van der Waals surface area contributed by atoms with E-state index < -0.39 is 0 Å². The summed E-state index contributed by atoms with van der Waals surface area (Å²) in [5.74, 6) is 0.0390. The van der Waals surface area contributed by atoms with E-state index in [-0.39, 0.29) is 5.78 Å². The number of unbranched alkanes of at least 4 members (excludes halogenated alkanes) is 1. The molecule has 0 saturated heterocycles. The van der Waals surface area contributed by atoms with Crippen LogP contribution in [0.2, 0.25) is 10.0 Å². The molecule has 0 saturated carbocycles. The first-order valence-corrected chi connectivity index (χ1v) is 6.83. The molecule has 1 aromatic carbocycles. The standard InChI is InChI=1S/C12H15Cl2OP/c1-8-5-6-9(13)11(12(8)14)10(15)4-2-3-7-16/h5-6H,2-4,7,16H2,1H3. The molecule has 0 heterocycles.